The van der Waals surface area contributed by atoms with Crippen molar-refractivity contribution in [2.45, 2.75) is 18.2 Å². The molecule has 0 heterocycles. The molecule has 0 aliphatic rings. The summed E-state index contributed by atoms with van der Waals surface area (Å²) in [5, 5.41) is 12.2. The van der Waals surface area contributed by atoms with Gasteiger partial charge in [0.1, 0.15) is 11.8 Å². The van der Waals surface area contributed by atoms with Gasteiger partial charge in [-0.3, -0.25) is 9.59 Å². The van der Waals surface area contributed by atoms with Crippen molar-refractivity contribution in [1.82, 2.24) is 5.32 Å². The third kappa shape index (κ3) is 5.72. The number of phenolic OH excluding ortho intramolecular Hbond substituents is 1. The Hall–Kier alpha value is -3.05. The third-order valence-corrected chi connectivity index (χ3v) is 5.27. The van der Waals surface area contributed by atoms with Gasteiger partial charge < -0.3 is 10.4 Å². The maximum atomic E-state index is 12.9. The first-order valence-electron chi connectivity index (χ1n) is 8.96. The second kappa shape index (κ2) is 9.76. The van der Waals surface area contributed by atoms with Crippen molar-refractivity contribution in [2.24, 2.45) is 0 Å². The van der Waals surface area contributed by atoms with E-state index in [0.717, 1.165) is 11.1 Å². The summed E-state index contributed by atoms with van der Waals surface area (Å²) in [6.45, 7) is 0. The summed E-state index contributed by atoms with van der Waals surface area (Å²) >= 11 is 1.19. The van der Waals surface area contributed by atoms with Crippen LogP contribution in [0.25, 0.3) is 0 Å². The summed E-state index contributed by atoms with van der Waals surface area (Å²) in [7, 11) is 0. The summed E-state index contributed by atoms with van der Waals surface area (Å²) in [5.74, 6) is 0.434. The molecule has 0 fully saturated rings. The molecular weight excluding hydrogens is 370 g/mol. The number of carbonyl (C=O) groups excluding carboxylic acids is 2. The van der Waals surface area contributed by atoms with E-state index in [1.165, 1.54) is 11.8 Å². The minimum Gasteiger partial charge on any atom is -0.508 e. The van der Waals surface area contributed by atoms with Gasteiger partial charge in [-0.15, -0.1) is 0 Å². The number of thioether (sulfide) groups is 1. The highest BCUT2D eigenvalue weighted by Crippen LogP contribution is 2.18. The number of benzene rings is 3. The molecule has 1 atom stereocenters. The lowest BCUT2D eigenvalue weighted by Crippen LogP contribution is -2.41. The fourth-order valence-electron chi connectivity index (χ4n) is 2.72. The van der Waals surface area contributed by atoms with Gasteiger partial charge in [0.25, 0.3) is 5.91 Å². The zero-order valence-corrected chi connectivity index (χ0v) is 16.1. The number of amides is 1. The average Bonchev–Trinajstić information content (AvgIpc) is 2.74. The first-order valence-corrected chi connectivity index (χ1v) is 9.95. The molecule has 0 aliphatic heterocycles. The molecular formula is C23H21NO3S. The van der Waals surface area contributed by atoms with Gasteiger partial charge in [0.15, 0.2) is 0 Å². The molecule has 0 aliphatic carbocycles. The summed E-state index contributed by atoms with van der Waals surface area (Å²) in [5.41, 5.74) is 2.43. The minimum atomic E-state index is -0.661. The number of phenols is 1. The van der Waals surface area contributed by atoms with Crippen LogP contribution in [0.5, 0.6) is 5.75 Å². The molecule has 1 amide bonds. The standard InChI is InChI=1S/C23H21NO3S/c25-20-13-11-17(12-14-20)15-21(24-22(26)19-9-5-2-6-10-19)23(27)28-16-18-7-3-1-4-8-18/h1-14,21,25H,15-16H2,(H,24,26)/t21-/m0/s1. The normalized spacial score (nSPS) is 11.6. The maximum absolute atomic E-state index is 12.9. The molecule has 3 aromatic rings. The number of rotatable bonds is 7. The van der Waals surface area contributed by atoms with Gasteiger partial charge in [0.05, 0.1) is 0 Å². The van der Waals surface area contributed by atoms with Crippen LogP contribution in [-0.4, -0.2) is 22.2 Å². The lowest BCUT2D eigenvalue weighted by atomic mass is 10.1. The SMILES string of the molecule is O=C(N[C@@H](Cc1ccc(O)cc1)C(=O)SCc1ccccc1)c1ccccc1. The summed E-state index contributed by atoms with van der Waals surface area (Å²) in [6, 6.07) is 24.6. The van der Waals surface area contributed by atoms with Crippen LogP contribution in [0, 0.1) is 0 Å². The van der Waals surface area contributed by atoms with Crippen LogP contribution in [0.1, 0.15) is 21.5 Å². The van der Waals surface area contributed by atoms with Crippen molar-refractivity contribution in [3.05, 3.63) is 102 Å². The Labute approximate surface area is 168 Å². The predicted octanol–water partition coefficient (Wildman–Crippen LogP) is 4.19. The lowest BCUT2D eigenvalue weighted by molar-refractivity contribution is -0.112. The first-order chi connectivity index (χ1) is 13.6. The van der Waals surface area contributed by atoms with Gasteiger partial charge in [-0.2, -0.15) is 0 Å². The fraction of sp³-hybridized carbons (Fsp3) is 0.130. The zero-order valence-electron chi connectivity index (χ0n) is 15.2. The summed E-state index contributed by atoms with van der Waals surface area (Å²) < 4.78 is 0. The van der Waals surface area contributed by atoms with E-state index in [4.69, 9.17) is 0 Å². The molecule has 0 unspecified atom stereocenters. The van der Waals surface area contributed by atoms with Gasteiger partial charge in [0, 0.05) is 17.7 Å². The Kier molecular flexibility index (Phi) is 6.87. The zero-order chi connectivity index (χ0) is 19.8. The van der Waals surface area contributed by atoms with Gasteiger partial charge >= 0.3 is 0 Å². The monoisotopic (exact) mass is 391 g/mol. The van der Waals surface area contributed by atoms with Crippen LogP contribution in [0.4, 0.5) is 0 Å². The smallest absolute Gasteiger partial charge is 0.251 e. The van der Waals surface area contributed by atoms with E-state index in [2.05, 4.69) is 5.32 Å². The van der Waals surface area contributed by atoms with Crippen molar-refractivity contribution in [3.63, 3.8) is 0 Å². The van der Waals surface area contributed by atoms with E-state index < -0.39 is 6.04 Å². The van der Waals surface area contributed by atoms with Gasteiger partial charge in [-0.1, -0.05) is 72.4 Å². The van der Waals surface area contributed by atoms with Crippen molar-refractivity contribution in [3.8, 4) is 5.75 Å². The van der Waals surface area contributed by atoms with Crippen molar-refractivity contribution < 1.29 is 14.7 Å². The molecule has 0 spiro atoms. The van der Waals surface area contributed by atoms with Gasteiger partial charge in [-0.05, 0) is 35.4 Å². The fourth-order valence-corrected chi connectivity index (χ4v) is 3.57. The highest BCUT2D eigenvalue weighted by atomic mass is 32.2. The Morgan fingerprint density at radius 1 is 0.821 bits per heavy atom. The largest absolute Gasteiger partial charge is 0.508 e. The first kappa shape index (κ1) is 19.7. The number of hydrogen-bond acceptors (Lipinski definition) is 4. The summed E-state index contributed by atoms with van der Waals surface area (Å²) in [6.07, 6.45) is 0.361. The Balaban J connectivity index is 1.71. The van der Waals surface area contributed by atoms with E-state index in [-0.39, 0.29) is 16.8 Å². The Morgan fingerprint density at radius 3 is 2.07 bits per heavy atom. The average molecular weight is 391 g/mol. The molecule has 142 valence electrons. The second-order valence-electron chi connectivity index (χ2n) is 6.36. The summed E-state index contributed by atoms with van der Waals surface area (Å²) in [4.78, 5) is 25.4. The molecule has 0 bridgehead atoms. The van der Waals surface area contributed by atoms with Crippen LogP contribution in [0.15, 0.2) is 84.9 Å². The third-order valence-electron chi connectivity index (χ3n) is 4.23. The molecule has 0 saturated carbocycles. The van der Waals surface area contributed by atoms with Crippen molar-refractivity contribution in [1.29, 1.82) is 0 Å². The predicted molar refractivity (Wildman–Crippen MR) is 112 cm³/mol. The Bertz CT molecular complexity index is 912. The van der Waals surface area contributed by atoms with E-state index in [0.29, 0.717) is 17.7 Å². The van der Waals surface area contributed by atoms with Crippen LogP contribution in [0.2, 0.25) is 0 Å². The van der Waals surface area contributed by atoms with Crippen molar-refractivity contribution >= 4 is 22.8 Å². The number of nitrogens with one attached hydrogen (secondary N) is 1. The van der Waals surface area contributed by atoms with Gasteiger partial charge in [0.2, 0.25) is 5.12 Å². The van der Waals surface area contributed by atoms with Crippen LogP contribution in [-0.2, 0) is 17.0 Å². The molecule has 3 aromatic carbocycles. The van der Waals surface area contributed by atoms with E-state index in [9.17, 15) is 14.7 Å². The molecule has 0 saturated heterocycles. The molecule has 3 rings (SSSR count). The molecule has 0 aromatic heterocycles. The van der Waals surface area contributed by atoms with Crippen LogP contribution < -0.4 is 5.32 Å². The topological polar surface area (TPSA) is 66.4 Å². The Morgan fingerprint density at radius 2 is 1.43 bits per heavy atom. The minimum absolute atomic E-state index is 0.0961. The lowest BCUT2D eigenvalue weighted by Gasteiger charge is -2.18. The molecule has 4 nitrogen and oxygen atoms in total. The number of hydrogen-bond donors (Lipinski definition) is 2. The van der Waals surface area contributed by atoms with Crippen LogP contribution >= 0.6 is 11.8 Å². The second-order valence-corrected chi connectivity index (χ2v) is 7.34. The highest BCUT2D eigenvalue weighted by molar-refractivity contribution is 8.13. The number of carbonyl (C=O) groups is 2. The van der Waals surface area contributed by atoms with E-state index in [1.807, 2.05) is 36.4 Å². The highest BCUT2D eigenvalue weighted by Gasteiger charge is 2.22. The molecule has 2 N–H and O–H groups in total. The maximum Gasteiger partial charge on any atom is 0.251 e. The van der Waals surface area contributed by atoms with E-state index >= 15 is 0 Å². The molecule has 28 heavy (non-hydrogen) atoms. The van der Waals surface area contributed by atoms with Crippen LogP contribution in [0.3, 0.4) is 0 Å². The van der Waals surface area contributed by atoms with E-state index in [1.54, 1.807) is 48.5 Å². The molecule has 5 heteroatoms. The number of aromatic hydroxyl groups is 1. The van der Waals surface area contributed by atoms with Crippen molar-refractivity contribution in [2.75, 3.05) is 0 Å². The van der Waals surface area contributed by atoms with Gasteiger partial charge in [-0.25, -0.2) is 0 Å². The molecule has 0 radical (unpaired) electrons. The quantitative estimate of drug-likeness (QED) is 0.634.